The monoisotopic (exact) mass is 393 g/mol. The molecule has 1 aromatic heterocycles. The highest BCUT2D eigenvalue weighted by molar-refractivity contribution is 5.81. The van der Waals surface area contributed by atoms with Gasteiger partial charge in [-0.3, -0.25) is 0 Å². The Labute approximate surface area is 170 Å². The largest absolute Gasteiger partial charge is 0.497 e. The molecule has 6 nitrogen and oxygen atoms in total. The van der Waals surface area contributed by atoms with Gasteiger partial charge in [0.05, 0.1) is 7.11 Å². The lowest BCUT2D eigenvalue weighted by Crippen LogP contribution is -2.39. The number of likely N-dealkylation sites (tertiary alicyclic amines) is 1. The third kappa shape index (κ3) is 4.06. The minimum atomic E-state index is -0.103. The van der Waals surface area contributed by atoms with Crippen LogP contribution in [0.25, 0.3) is 22.2 Å². The predicted octanol–water partition coefficient (Wildman–Crippen LogP) is 5.15. The zero-order chi connectivity index (χ0) is 20.2. The van der Waals surface area contributed by atoms with Crippen molar-refractivity contribution in [2.75, 3.05) is 20.2 Å². The molecule has 2 amide bonds. The van der Waals surface area contributed by atoms with Crippen molar-refractivity contribution in [3.63, 3.8) is 0 Å². The molecule has 4 rings (SSSR count). The molecular weight excluding hydrogens is 366 g/mol. The third-order valence-corrected chi connectivity index (χ3v) is 5.43. The maximum atomic E-state index is 12.5. The smallest absolute Gasteiger partial charge is 0.318 e. The number of amides is 2. The van der Waals surface area contributed by atoms with E-state index in [0.29, 0.717) is 12.4 Å². The number of carbonyl (C=O) groups is 1. The van der Waals surface area contributed by atoms with E-state index in [9.17, 15) is 4.79 Å². The number of benzene rings is 2. The molecule has 6 heteroatoms. The van der Waals surface area contributed by atoms with Crippen LogP contribution in [0.3, 0.4) is 0 Å². The second-order valence-corrected chi connectivity index (χ2v) is 7.40. The van der Waals surface area contributed by atoms with Gasteiger partial charge < -0.3 is 19.4 Å². The summed E-state index contributed by atoms with van der Waals surface area (Å²) in [6.07, 6.45) is 3.88. The van der Waals surface area contributed by atoms with Crippen LogP contribution in [0.1, 0.15) is 44.5 Å². The van der Waals surface area contributed by atoms with Crippen molar-refractivity contribution in [2.45, 2.75) is 38.6 Å². The van der Waals surface area contributed by atoms with Crippen LogP contribution in [-0.2, 0) is 0 Å². The Bertz CT molecular complexity index is 981. The first-order valence-electron chi connectivity index (χ1n) is 10.3. The molecule has 1 atom stereocenters. The number of fused-ring (bicyclic) bond motifs is 1. The first kappa shape index (κ1) is 19.3. The van der Waals surface area contributed by atoms with E-state index in [0.717, 1.165) is 60.2 Å². The fraction of sp³-hybridized carbons (Fsp3) is 0.391. The summed E-state index contributed by atoms with van der Waals surface area (Å²) in [5.41, 5.74) is 3.72. The molecule has 1 unspecified atom stereocenters. The minimum Gasteiger partial charge on any atom is -0.497 e. The number of methoxy groups -OCH3 is 1. The average Bonchev–Trinajstić information content (AvgIpc) is 3.40. The summed E-state index contributed by atoms with van der Waals surface area (Å²) in [4.78, 5) is 19.1. The Kier molecular flexibility index (Phi) is 5.69. The summed E-state index contributed by atoms with van der Waals surface area (Å²) < 4.78 is 11.3. The number of carbonyl (C=O) groups excluding carboxylic acids is 1. The molecule has 3 aromatic rings. The number of urea groups is 1. The maximum Gasteiger partial charge on any atom is 0.318 e. The molecule has 152 valence electrons. The minimum absolute atomic E-state index is 0.0258. The number of hydrogen-bond acceptors (Lipinski definition) is 4. The molecule has 0 radical (unpaired) electrons. The third-order valence-electron chi connectivity index (χ3n) is 5.43. The van der Waals surface area contributed by atoms with Crippen molar-refractivity contribution < 1.29 is 13.9 Å². The summed E-state index contributed by atoms with van der Waals surface area (Å²) in [6, 6.07) is 13.8. The number of ether oxygens (including phenoxy) is 1. The van der Waals surface area contributed by atoms with E-state index in [2.05, 4.69) is 12.2 Å². The zero-order valence-electron chi connectivity index (χ0n) is 17.0. The highest BCUT2D eigenvalue weighted by Crippen LogP contribution is 2.34. The molecule has 1 aliphatic rings. The van der Waals surface area contributed by atoms with Crippen molar-refractivity contribution in [1.29, 1.82) is 0 Å². The second-order valence-electron chi connectivity index (χ2n) is 7.40. The first-order chi connectivity index (χ1) is 14.2. The van der Waals surface area contributed by atoms with Gasteiger partial charge in [0.2, 0.25) is 5.89 Å². The second kappa shape index (κ2) is 8.55. The Morgan fingerprint density at radius 1 is 1.24 bits per heavy atom. The molecule has 0 saturated carbocycles. The van der Waals surface area contributed by atoms with E-state index in [1.165, 1.54) is 0 Å². The van der Waals surface area contributed by atoms with Crippen molar-refractivity contribution in [3.05, 3.63) is 48.4 Å². The zero-order valence-corrected chi connectivity index (χ0v) is 17.0. The van der Waals surface area contributed by atoms with Crippen molar-refractivity contribution in [2.24, 2.45) is 0 Å². The Morgan fingerprint density at radius 2 is 2.03 bits per heavy atom. The fourth-order valence-corrected chi connectivity index (χ4v) is 3.79. The molecule has 0 bridgehead atoms. The van der Waals surface area contributed by atoms with Gasteiger partial charge in [-0.25, -0.2) is 9.78 Å². The first-order valence-corrected chi connectivity index (χ1v) is 10.3. The average molecular weight is 393 g/mol. The van der Waals surface area contributed by atoms with Gasteiger partial charge >= 0.3 is 6.03 Å². The van der Waals surface area contributed by atoms with Gasteiger partial charge in [-0.2, -0.15) is 0 Å². The molecule has 2 heterocycles. The van der Waals surface area contributed by atoms with Crippen LogP contribution in [0.2, 0.25) is 0 Å². The fourth-order valence-electron chi connectivity index (χ4n) is 3.79. The van der Waals surface area contributed by atoms with Crippen molar-refractivity contribution in [1.82, 2.24) is 15.2 Å². The molecule has 1 fully saturated rings. The number of nitrogens with zero attached hydrogens (tertiary/aromatic N) is 2. The topological polar surface area (TPSA) is 67.6 Å². The highest BCUT2D eigenvalue weighted by Gasteiger charge is 2.33. The van der Waals surface area contributed by atoms with E-state index < -0.39 is 0 Å². The van der Waals surface area contributed by atoms with Gasteiger partial charge in [0, 0.05) is 13.1 Å². The van der Waals surface area contributed by atoms with Crippen LogP contribution < -0.4 is 10.1 Å². The van der Waals surface area contributed by atoms with Crippen LogP contribution in [0.15, 0.2) is 46.9 Å². The molecule has 1 aliphatic heterocycles. The number of nitrogens with one attached hydrogen (secondary N) is 1. The van der Waals surface area contributed by atoms with Crippen LogP contribution in [-0.4, -0.2) is 36.1 Å². The molecule has 29 heavy (non-hydrogen) atoms. The van der Waals surface area contributed by atoms with E-state index in [1.54, 1.807) is 7.11 Å². The van der Waals surface area contributed by atoms with Gasteiger partial charge in [0.25, 0.3) is 0 Å². The van der Waals surface area contributed by atoms with Gasteiger partial charge in [-0.15, -0.1) is 0 Å². The van der Waals surface area contributed by atoms with E-state index in [4.69, 9.17) is 14.1 Å². The molecule has 1 N–H and O–H groups in total. The van der Waals surface area contributed by atoms with Gasteiger partial charge in [0.15, 0.2) is 5.58 Å². The Balaban J connectivity index is 1.55. The van der Waals surface area contributed by atoms with Crippen LogP contribution in [0.5, 0.6) is 5.75 Å². The standard InChI is InChI=1S/C23H27N3O3/c1-3-4-13-24-23(27)26-14-5-6-20(26)22-25-19-15-17(9-12-21(19)29-22)16-7-10-18(28-2)11-8-16/h7-12,15,20H,3-6,13-14H2,1-2H3,(H,24,27). The summed E-state index contributed by atoms with van der Waals surface area (Å²) >= 11 is 0. The van der Waals surface area contributed by atoms with E-state index in [1.807, 2.05) is 47.4 Å². The lowest BCUT2D eigenvalue weighted by Gasteiger charge is -2.22. The van der Waals surface area contributed by atoms with E-state index in [-0.39, 0.29) is 12.1 Å². The van der Waals surface area contributed by atoms with Crippen LogP contribution in [0, 0.1) is 0 Å². The SMILES string of the molecule is CCCCNC(=O)N1CCCC1c1nc2cc(-c3ccc(OC)cc3)ccc2o1. The Morgan fingerprint density at radius 3 is 2.79 bits per heavy atom. The molecule has 1 saturated heterocycles. The number of unbranched alkanes of at least 4 members (excludes halogenated alkanes) is 1. The van der Waals surface area contributed by atoms with Crippen LogP contribution in [0.4, 0.5) is 4.79 Å². The maximum absolute atomic E-state index is 12.5. The van der Waals surface area contributed by atoms with Crippen LogP contribution >= 0.6 is 0 Å². The summed E-state index contributed by atoms with van der Waals surface area (Å²) in [5, 5.41) is 3.01. The molecule has 0 spiro atoms. The number of aromatic nitrogens is 1. The van der Waals surface area contributed by atoms with Gasteiger partial charge in [-0.1, -0.05) is 31.5 Å². The quantitative estimate of drug-likeness (QED) is 0.588. The summed E-state index contributed by atoms with van der Waals surface area (Å²) in [5.74, 6) is 1.45. The summed E-state index contributed by atoms with van der Waals surface area (Å²) in [6.45, 7) is 3.55. The molecule has 0 aliphatic carbocycles. The lowest BCUT2D eigenvalue weighted by molar-refractivity contribution is 0.185. The lowest BCUT2D eigenvalue weighted by atomic mass is 10.1. The van der Waals surface area contributed by atoms with Crippen molar-refractivity contribution in [3.8, 4) is 16.9 Å². The predicted molar refractivity (Wildman–Crippen MR) is 113 cm³/mol. The normalized spacial score (nSPS) is 16.3. The highest BCUT2D eigenvalue weighted by atomic mass is 16.5. The Hall–Kier alpha value is -3.02. The molecule has 2 aromatic carbocycles. The van der Waals surface area contributed by atoms with E-state index >= 15 is 0 Å². The summed E-state index contributed by atoms with van der Waals surface area (Å²) in [7, 11) is 1.66. The molecular formula is C23H27N3O3. The number of oxazole rings is 1. The number of rotatable bonds is 6. The van der Waals surface area contributed by atoms with Gasteiger partial charge in [0.1, 0.15) is 17.3 Å². The number of hydrogen-bond donors (Lipinski definition) is 1. The van der Waals surface area contributed by atoms with Gasteiger partial charge in [-0.05, 0) is 54.7 Å². The van der Waals surface area contributed by atoms with Crippen molar-refractivity contribution >= 4 is 17.1 Å².